The van der Waals surface area contributed by atoms with Crippen LogP contribution < -0.4 is 15.0 Å². The SMILES string of the molecule is CCCNCCCCN(C)c1ccc(OC)cc1. The van der Waals surface area contributed by atoms with E-state index in [1.807, 2.05) is 12.1 Å². The van der Waals surface area contributed by atoms with Crippen LogP contribution in [0.5, 0.6) is 5.75 Å². The van der Waals surface area contributed by atoms with Crippen molar-refractivity contribution in [2.75, 3.05) is 38.7 Å². The molecule has 0 aliphatic rings. The second kappa shape index (κ2) is 8.81. The van der Waals surface area contributed by atoms with Gasteiger partial charge in [-0.25, -0.2) is 0 Å². The third kappa shape index (κ3) is 5.41. The molecule has 0 amide bonds. The average molecular weight is 250 g/mol. The predicted octanol–water partition coefficient (Wildman–Crippen LogP) is 2.91. The van der Waals surface area contributed by atoms with Gasteiger partial charge in [0.05, 0.1) is 7.11 Å². The Morgan fingerprint density at radius 2 is 1.83 bits per heavy atom. The summed E-state index contributed by atoms with van der Waals surface area (Å²) in [6, 6.07) is 8.23. The minimum Gasteiger partial charge on any atom is -0.497 e. The number of benzene rings is 1. The smallest absolute Gasteiger partial charge is 0.119 e. The molecule has 0 aliphatic carbocycles. The van der Waals surface area contributed by atoms with E-state index in [1.54, 1.807) is 7.11 Å². The van der Waals surface area contributed by atoms with Crippen LogP contribution in [0.15, 0.2) is 24.3 Å². The number of methoxy groups -OCH3 is 1. The van der Waals surface area contributed by atoms with Gasteiger partial charge in [0.25, 0.3) is 0 Å². The molecule has 1 rings (SSSR count). The lowest BCUT2D eigenvalue weighted by Gasteiger charge is -2.19. The Morgan fingerprint density at radius 1 is 1.11 bits per heavy atom. The molecule has 0 fully saturated rings. The van der Waals surface area contributed by atoms with Crippen molar-refractivity contribution in [3.8, 4) is 5.75 Å². The van der Waals surface area contributed by atoms with E-state index in [9.17, 15) is 0 Å². The molecule has 0 heterocycles. The van der Waals surface area contributed by atoms with Crippen molar-refractivity contribution >= 4 is 5.69 Å². The highest BCUT2D eigenvalue weighted by molar-refractivity contribution is 5.48. The van der Waals surface area contributed by atoms with Crippen LogP contribution in [0.2, 0.25) is 0 Å². The minimum absolute atomic E-state index is 0.913. The maximum Gasteiger partial charge on any atom is 0.119 e. The van der Waals surface area contributed by atoms with Crippen molar-refractivity contribution in [3.63, 3.8) is 0 Å². The highest BCUT2D eigenvalue weighted by atomic mass is 16.5. The zero-order valence-electron chi connectivity index (χ0n) is 11.9. The summed E-state index contributed by atoms with van der Waals surface area (Å²) in [7, 11) is 3.84. The standard InChI is InChI=1S/C15H26N2O/c1-4-11-16-12-5-6-13-17(2)14-7-9-15(18-3)10-8-14/h7-10,16H,4-6,11-13H2,1-3H3. The Balaban J connectivity index is 2.21. The number of hydrogen-bond acceptors (Lipinski definition) is 3. The fraction of sp³-hybridized carbons (Fsp3) is 0.600. The number of rotatable bonds is 9. The molecule has 0 bridgehead atoms. The van der Waals surface area contributed by atoms with Crippen LogP contribution >= 0.6 is 0 Å². The fourth-order valence-corrected chi connectivity index (χ4v) is 1.87. The molecule has 0 spiro atoms. The highest BCUT2D eigenvalue weighted by Crippen LogP contribution is 2.18. The van der Waals surface area contributed by atoms with Crippen molar-refractivity contribution < 1.29 is 4.74 Å². The second-order valence-electron chi connectivity index (χ2n) is 4.58. The molecule has 0 saturated carbocycles. The van der Waals surface area contributed by atoms with Gasteiger partial charge in [-0.1, -0.05) is 6.92 Å². The van der Waals surface area contributed by atoms with Crippen molar-refractivity contribution in [2.24, 2.45) is 0 Å². The summed E-state index contributed by atoms with van der Waals surface area (Å²) in [6.45, 7) is 5.56. The molecule has 3 nitrogen and oxygen atoms in total. The van der Waals surface area contributed by atoms with E-state index in [0.717, 1.165) is 25.4 Å². The van der Waals surface area contributed by atoms with Gasteiger partial charge in [-0.3, -0.25) is 0 Å². The molecule has 0 radical (unpaired) electrons. The predicted molar refractivity (Wildman–Crippen MR) is 78.7 cm³/mol. The zero-order chi connectivity index (χ0) is 13.2. The quantitative estimate of drug-likeness (QED) is 0.682. The number of nitrogens with one attached hydrogen (secondary N) is 1. The molecule has 0 atom stereocenters. The first kappa shape index (κ1) is 14.8. The first-order valence-electron chi connectivity index (χ1n) is 6.84. The van der Waals surface area contributed by atoms with Gasteiger partial charge < -0.3 is 15.0 Å². The number of hydrogen-bond donors (Lipinski definition) is 1. The van der Waals surface area contributed by atoms with Gasteiger partial charge >= 0.3 is 0 Å². The molecule has 0 unspecified atom stereocenters. The maximum atomic E-state index is 5.16. The van der Waals surface area contributed by atoms with Gasteiger partial charge in [-0.2, -0.15) is 0 Å². The molecule has 0 aliphatic heterocycles. The van der Waals surface area contributed by atoms with Crippen LogP contribution in [0.25, 0.3) is 0 Å². The minimum atomic E-state index is 0.913. The van der Waals surface area contributed by atoms with Crippen molar-refractivity contribution in [1.29, 1.82) is 0 Å². The fourth-order valence-electron chi connectivity index (χ4n) is 1.87. The monoisotopic (exact) mass is 250 g/mol. The van der Waals surface area contributed by atoms with Gasteiger partial charge in [-0.15, -0.1) is 0 Å². The van der Waals surface area contributed by atoms with Crippen LogP contribution in [-0.4, -0.2) is 33.8 Å². The Labute approximate surface area is 111 Å². The van der Waals surface area contributed by atoms with Gasteiger partial charge in [0.2, 0.25) is 0 Å². The lowest BCUT2D eigenvalue weighted by molar-refractivity contribution is 0.415. The normalized spacial score (nSPS) is 10.4. The molecular formula is C15H26N2O. The lowest BCUT2D eigenvalue weighted by atomic mass is 10.2. The first-order valence-corrected chi connectivity index (χ1v) is 6.84. The molecule has 1 aromatic carbocycles. The summed E-state index contributed by atoms with van der Waals surface area (Å²) < 4.78 is 5.16. The number of anilines is 1. The van der Waals surface area contributed by atoms with E-state index in [4.69, 9.17) is 4.74 Å². The number of unbranched alkanes of at least 4 members (excludes halogenated alkanes) is 1. The van der Waals surface area contributed by atoms with Crippen molar-refractivity contribution in [2.45, 2.75) is 26.2 Å². The first-order chi connectivity index (χ1) is 8.77. The Bertz CT molecular complexity index is 311. The van der Waals surface area contributed by atoms with Crippen LogP contribution in [0.1, 0.15) is 26.2 Å². The van der Waals surface area contributed by atoms with Crippen LogP contribution in [0, 0.1) is 0 Å². The Hall–Kier alpha value is -1.22. The molecule has 0 saturated heterocycles. The van der Waals surface area contributed by atoms with E-state index in [1.165, 1.54) is 24.9 Å². The summed E-state index contributed by atoms with van der Waals surface area (Å²) in [5, 5.41) is 3.43. The lowest BCUT2D eigenvalue weighted by Crippen LogP contribution is -2.21. The Kier molecular flexibility index (Phi) is 7.26. The second-order valence-corrected chi connectivity index (χ2v) is 4.58. The largest absolute Gasteiger partial charge is 0.497 e. The number of nitrogens with zero attached hydrogens (tertiary/aromatic N) is 1. The summed E-state index contributed by atoms with van der Waals surface area (Å²) in [6.07, 6.45) is 3.67. The van der Waals surface area contributed by atoms with E-state index in [0.29, 0.717) is 0 Å². The van der Waals surface area contributed by atoms with Crippen LogP contribution in [0.3, 0.4) is 0 Å². The third-order valence-corrected chi connectivity index (χ3v) is 3.04. The van der Waals surface area contributed by atoms with E-state index in [2.05, 4.69) is 36.3 Å². The van der Waals surface area contributed by atoms with Crippen LogP contribution in [-0.2, 0) is 0 Å². The molecule has 0 aromatic heterocycles. The zero-order valence-corrected chi connectivity index (χ0v) is 11.9. The van der Waals surface area contributed by atoms with Crippen molar-refractivity contribution in [3.05, 3.63) is 24.3 Å². The van der Waals surface area contributed by atoms with Crippen molar-refractivity contribution in [1.82, 2.24) is 5.32 Å². The summed E-state index contributed by atoms with van der Waals surface area (Å²) in [5.74, 6) is 0.913. The van der Waals surface area contributed by atoms with E-state index < -0.39 is 0 Å². The molecule has 18 heavy (non-hydrogen) atoms. The molecule has 1 aromatic rings. The third-order valence-electron chi connectivity index (χ3n) is 3.04. The number of ether oxygens (including phenoxy) is 1. The van der Waals surface area contributed by atoms with Gasteiger partial charge in [-0.05, 0) is 56.6 Å². The molecule has 102 valence electrons. The van der Waals surface area contributed by atoms with Gasteiger partial charge in [0.1, 0.15) is 5.75 Å². The van der Waals surface area contributed by atoms with Gasteiger partial charge in [0, 0.05) is 19.3 Å². The average Bonchev–Trinajstić information content (AvgIpc) is 2.42. The maximum absolute atomic E-state index is 5.16. The summed E-state index contributed by atoms with van der Waals surface area (Å²) >= 11 is 0. The summed E-state index contributed by atoms with van der Waals surface area (Å²) in [4.78, 5) is 2.29. The molecular weight excluding hydrogens is 224 g/mol. The molecule has 3 heteroatoms. The molecule has 1 N–H and O–H groups in total. The van der Waals surface area contributed by atoms with Gasteiger partial charge in [0.15, 0.2) is 0 Å². The Morgan fingerprint density at radius 3 is 2.44 bits per heavy atom. The summed E-state index contributed by atoms with van der Waals surface area (Å²) in [5.41, 5.74) is 1.25. The topological polar surface area (TPSA) is 24.5 Å². The van der Waals surface area contributed by atoms with E-state index >= 15 is 0 Å². The van der Waals surface area contributed by atoms with Crippen LogP contribution in [0.4, 0.5) is 5.69 Å². The highest BCUT2D eigenvalue weighted by Gasteiger charge is 2.00. The van der Waals surface area contributed by atoms with E-state index in [-0.39, 0.29) is 0 Å².